The zero-order chi connectivity index (χ0) is 14.7. The van der Waals surface area contributed by atoms with E-state index in [1.807, 2.05) is 54.6 Å². The first-order valence-corrected chi connectivity index (χ1v) is 7.40. The second kappa shape index (κ2) is 5.89. The van der Waals surface area contributed by atoms with E-state index in [-0.39, 0.29) is 5.78 Å². The van der Waals surface area contributed by atoms with Crippen molar-refractivity contribution < 1.29 is 9.53 Å². The summed E-state index contributed by atoms with van der Waals surface area (Å²) in [5.41, 5.74) is 1.45. The molecule has 3 aromatic rings. The molecule has 0 radical (unpaired) electrons. The van der Waals surface area contributed by atoms with Gasteiger partial charge >= 0.3 is 0 Å². The van der Waals surface area contributed by atoms with Crippen LogP contribution in [0.25, 0.3) is 10.6 Å². The molecule has 0 aliphatic rings. The topological polar surface area (TPSA) is 39.2 Å². The van der Waals surface area contributed by atoms with Crippen LogP contribution in [0.1, 0.15) is 17.4 Å². The molecule has 1 heterocycles. The number of ether oxygens (including phenoxy) is 1. The van der Waals surface area contributed by atoms with Crippen LogP contribution < -0.4 is 4.74 Å². The van der Waals surface area contributed by atoms with Crippen molar-refractivity contribution in [2.75, 3.05) is 0 Å². The van der Waals surface area contributed by atoms with Gasteiger partial charge in [-0.05, 0) is 24.3 Å². The Morgan fingerprint density at radius 3 is 2.52 bits per heavy atom. The minimum Gasteiger partial charge on any atom is -0.457 e. The zero-order valence-corrected chi connectivity index (χ0v) is 12.3. The third kappa shape index (κ3) is 3.17. The molecule has 0 fully saturated rings. The van der Waals surface area contributed by atoms with Crippen molar-refractivity contribution in [1.29, 1.82) is 0 Å². The molecule has 21 heavy (non-hydrogen) atoms. The molecule has 0 aliphatic carbocycles. The van der Waals surface area contributed by atoms with Crippen LogP contribution >= 0.6 is 11.3 Å². The lowest BCUT2D eigenvalue weighted by atomic mass is 10.2. The number of ketones is 1. The predicted octanol–water partition coefficient (Wildman–Crippen LogP) is 4.81. The number of benzene rings is 2. The molecule has 4 heteroatoms. The average molecular weight is 295 g/mol. The Labute approximate surface area is 126 Å². The maximum Gasteiger partial charge on any atom is 0.178 e. The minimum absolute atomic E-state index is 0.0193. The Morgan fingerprint density at radius 2 is 1.81 bits per heavy atom. The molecule has 104 valence electrons. The predicted molar refractivity (Wildman–Crippen MR) is 84.1 cm³/mol. The van der Waals surface area contributed by atoms with Crippen molar-refractivity contribution in [3.63, 3.8) is 0 Å². The van der Waals surface area contributed by atoms with E-state index in [2.05, 4.69) is 4.98 Å². The highest BCUT2D eigenvalue weighted by Crippen LogP contribution is 2.29. The number of carbonyl (C=O) groups excluding carboxylic acids is 1. The molecule has 2 aromatic carbocycles. The van der Waals surface area contributed by atoms with Gasteiger partial charge in [-0.3, -0.25) is 4.79 Å². The van der Waals surface area contributed by atoms with Crippen molar-refractivity contribution in [3.05, 3.63) is 65.7 Å². The van der Waals surface area contributed by atoms with Crippen LogP contribution in [-0.4, -0.2) is 10.8 Å². The van der Waals surface area contributed by atoms with Crippen LogP contribution in [0, 0.1) is 0 Å². The summed E-state index contributed by atoms with van der Waals surface area (Å²) in [7, 11) is 0. The van der Waals surface area contributed by atoms with E-state index in [9.17, 15) is 4.79 Å². The molecule has 0 saturated heterocycles. The van der Waals surface area contributed by atoms with E-state index >= 15 is 0 Å². The fraction of sp³-hybridized carbons (Fsp3) is 0.0588. The Bertz CT molecular complexity index is 765. The first kappa shape index (κ1) is 13.5. The van der Waals surface area contributed by atoms with E-state index in [1.54, 1.807) is 5.38 Å². The molecular formula is C17H13NO2S. The number of aromatic nitrogens is 1. The van der Waals surface area contributed by atoms with Crippen molar-refractivity contribution in [2.24, 2.45) is 0 Å². The third-order valence-corrected chi connectivity index (χ3v) is 3.82. The number of hydrogen-bond donors (Lipinski definition) is 0. The molecule has 0 amide bonds. The summed E-state index contributed by atoms with van der Waals surface area (Å²) in [5, 5.41) is 2.60. The largest absolute Gasteiger partial charge is 0.457 e. The van der Waals surface area contributed by atoms with Gasteiger partial charge in [0.1, 0.15) is 22.2 Å². The van der Waals surface area contributed by atoms with Gasteiger partial charge in [-0.2, -0.15) is 0 Å². The van der Waals surface area contributed by atoms with Crippen LogP contribution in [0.5, 0.6) is 11.5 Å². The third-order valence-electron chi connectivity index (χ3n) is 2.92. The number of thiazole rings is 1. The lowest BCUT2D eigenvalue weighted by Gasteiger charge is -2.06. The van der Waals surface area contributed by atoms with Crippen LogP contribution in [0.3, 0.4) is 0 Å². The summed E-state index contributed by atoms with van der Waals surface area (Å²) in [5.74, 6) is 1.52. The molecule has 0 aliphatic heterocycles. The van der Waals surface area contributed by atoms with E-state index in [1.165, 1.54) is 18.3 Å². The number of Topliss-reactive ketones (excluding diaryl/α,β-unsaturated/α-hetero) is 1. The molecule has 3 rings (SSSR count). The van der Waals surface area contributed by atoms with Gasteiger partial charge in [0.15, 0.2) is 5.78 Å². The molecule has 3 nitrogen and oxygen atoms in total. The lowest BCUT2D eigenvalue weighted by Crippen LogP contribution is -1.91. The summed E-state index contributed by atoms with van der Waals surface area (Å²) in [6.45, 7) is 1.52. The lowest BCUT2D eigenvalue weighted by molar-refractivity contribution is 0.101. The standard InChI is InChI=1S/C17H13NO2S/c1-12(19)16-11-21-17(18-16)13-6-5-9-15(10-13)20-14-7-3-2-4-8-14/h2-11H,1H3. The zero-order valence-electron chi connectivity index (χ0n) is 11.4. The summed E-state index contributed by atoms with van der Waals surface area (Å²) in [6, 6.07) is 17.3. The molecule has 0 spiro atoms. The quantitative estimate of drug-likeness (QED) is 0.649. The van der Waals surface area contributed by atoms with Gasteiger partial charge in [0.2, 0.25) is 0 Å². The molecule has 0 N–H and O–H groups in total. The Kier molecular flexibility index (Phi) is 3.79. The highest BCUT2D eigenvalue weighted by molar-refractivity contribution is 7.13. The van der Waals surface area contributed by atoms with E-state index in [0.717, 1.165) is 22.1 Å². The van der Waals surface area contributed by atoms with Gasteiger partial charge < -0.3 is 4.74 Å². The molecule has 0 atom stereocenters. The highest BCUT2D eigenvalue weighted by Gasteiger charge is 2.08. The minimum atomic E-state index is -0.0193. The van der Waals surface area contributed by atoms with Crippen LogP contribution in [0.4, 0.5) is 0 Å². The van der Waals surface area contributed by atoms with E-state index in [4.69, 9.17) is 4.74 Å². The fourth-order valence-electron chi connectivity index (χ4n) is 1.89. The second-order valence-electron chi connectivity index (χ2n) is 4.54. The molecule has 0 saturated carbocycles. The van der Waals surface area contributed by atoms with Gasteiger partial charge in [0.25, 0.3) is 0 Å². The van der Waals surface area contributed by atoms with Gasteiger partial charge in [0.05, 0.1) is 0 Å². The first-order valence-electron chi connectivity index (χ1n) is 6.52. The molecular weight excluding hydrogens is 282 g/mol. The molecule has 1 aromatic heterocycles. The van der Waals surface area contributed by atoms with E-state index in [0.29, 0.717) is 5.69 Å². The second-order valence-corrected chi connectivity index (χ2v) is 5.40. The maximum absolute atomic E-state index is 11.3. The van der Waals surface area contributed by atoms with Crippen molar-refractivity contribution in [3.8, 4) is 22.1 Å². The highest BCUT2D eigenvalue weighted by atomic mass is 32.1. The van der Waals surface area contributed by atoms with Gasteiger partial charge in [-0.1, -0.05) is 30.3 Å². The summed E-state index contributed by atoms with van der Waals surface area (Å²) in [4.78, 5) is 15.7. The van der Waals surface area contributed by atoms with Gasteiger partial charge in [-0.15, -0.1) is 11.3 Å². The van der Waals surface area contributed by atoms with Gasteiger partial charge in [0, 0.05) is 17.9 Å². The number of carbonyl (C=O) groups is 1. The average Bonchev–Trinajstić information content (AvgIpc) is 2.99. The van der Waals surface area contributed by atoms with Crippen molar-refractivity contribution in [2.45, 2.75) is 6.92 Å². The first-order chi connectivity index (χ1) is 10.2. The molecule has 0 bridgehead atoms. The number of rotatable bonds is 4. The summed E-state index contributed by atoms with van der Waals surface area (Å²) >= 11 is 1.46. The van der Waals surface area contributed by atoms with Crippen molar-refractivity contribution >= 4 is 17.1 Å². The van der Waals surface area contributed by atoms with Crippen LogP contribution in [-0.2, 0) is 0 Å². The smallest absolute Gasteiger partial charge is 0.178 e. The Morgan fingerprint density at radius 1 is 1.05 bits per heavy atom. The fourth-order valence-corrected chi connectivity index (χ4v) is 2.74. The number of hydrogen-bond acceptors (Lipinski definition) is 4. The van der Waals surface area contributed by atoms with Crippen LogP contribution in [0.2, 0.25) is 0 Å². The monoisotopic (exact) mass is 295 g/mol. The maximum atomic E-state index is 11.3. The molecule has 0 unspecified atom stereocenters. The normalized spacial score (nSPS) is 10.3. The van der Waals surface area contributed by atoms with E-state index < -0.39 is 0 Å². The number of para-hydroxylation sites is 1. The number of nitrogens with zero attached hydrogens (tertiary/aromatic N) is 1. The summed E-state index contributed by atoms with van der Waals surface area (Å²) in [6.07, 6.45) is 0. The van der Waals surface area contributed by atoms with Crippen molar-refractivity contribution in [1.82, 2.24) is 4.98 Å². The Hall–Kier alpha value is -2.46. The Balaban J connectivity index is 1.87. The van der Waals surface area contributed by atoms with Crippen LogP contribution in [0.15, 0.2) is 60.0 Å². The van der Waals surface area contributed by atoms with Gasteiger partial charge in [-0.25, -0.2) is 4.98 Å². The SMILES string of the molecule is CC(=O)c1csc(-c2cccc(Oc3ccccc3)c2)n1. The summed E-state index contributed by atoms with van der Waals surface area (Å²) < 4.78 is 5.80.